The van der Waals surface area contributed by atoms with Crippen LogP contribution in [0.1, 0.15) is 72.6 Å². The minimum atomic E-state index is -0.452. The van der Waals surface area contributed by atoms with Gasteiger partial charge in [0, 0.05) is 24.7 Å². The second kappa shape index (κ2) is 8.20. The van der Waals surface area contributed by atoms with Crippen molar-refractivity contribution in [2.24, 2.45) is 5.92 Å². The van der Waals surface area contributed by atoms with Gasteiger partial charge in [0.15, 0.2) is 0 Å². The number of piperidine rings is 1. The van der Waals surface area contributed by atoms with Crippen LogP contribution in [0.5, 0.6) is 0 Å². The summed E-state index contributed by atoms with van der Waals surface area (Å²) in [4.78, 5) is 14.4. The van der Waals surface area contributed by atoms with Gasteiger partial charge in [0.25, 0.3) is 0 Å². The van der Waals surface area contributed by atoms with Crippen LogP contribution in [-0.4, -0.2) is 41.3 Å². The molecular formula is C19H33N3O2. The van der Waals surface area contributed by atoms with E-state index < -0.39 is 5.60 Å². The molecule has 1 aliphatic heterocycles. The number of hydrogen-bond acceptors (Lipinski definition) is 4. The summed E-state index contributed by atoms with van der Waals surface area (Å²) in [6.07, 6.45) is 7.23. The molecule has 5 heteroatoms. The van der Waals surface area contributed by atoms with Gasteiger partial charge in [0.1, 0.15) is 5.60 Å². The van der Waals surface area contributed by atoms with Crippen molar-refractivity contribution in [3.63, 3.8) is 0 Å². The largest absolute Gasteiger partial charge is 0.444 e. The molecule has 0 spiro atoms. The predicted molar refractivity (Wildman–Crippen MR) is 94.5 cm³/mol. The molecule has 1 N–H and O–H groups in total. The minimum Gasteiger partial charge on any atom is -0.444 e. The van der Waals surface area contributed by atoms with Gasteiger partial charge in [-0.25, -0.2) is 4.79 Å². The Morgan fingerprint density at radius 2 is 2.04 bits per heavy atom. The Bertz CT molecular complexity index is 466. The molecule has 0 aromatic rings. The molecule has 0 radical (unpaired) electrons. The zero-order chi connectivity index (χ0) is 17.7. The lowest BCUT2D eigenvalue weighted by atomic mass is 9.95. The molecule has 0 bridgehead atoms. The maximum atomic E-state index is 12.5. The van der Waals surface area contributed by atoms with E-state index in [-0.39, 0.29) is 18.1 Å². The molecule has 24 heavy (non-hydrogen) atoms. The van der Waals surface area contributed by atoms with E-state index in [9.17, 15) is 10.1 Å². The molecule has 1 aliphatic carbocycles. The highest BCUT2D eigenvalue weighted by Gasteiger charge is 2.33. The van der Waals surface area contributed by atoms with Crippen molar-refractivity contribution >= 4 is 6.09 Å². The molecule has 2 fully saturated rings. The van der Waals surface area contributed by atoms with Crippen molar-refractivity contribution in [3.8, 4) is 6.07 Å². The Morgan fingerprint density at radius 3 is 2.71 bits per heavy atom. The molecule has 1 heterocycles. The average molecular weight is 335 g/mol. The van der Waals surface area contributed by atoms with Crippen LogP contribution in [0.3, 0.4) is 0 Å². The van der Waals surface area contributed by atoms with Crippen LogP contribution in [0.4, 0.5) is 4.79 Å². The molecular weight excluding hydrogens is 302 g/mol. The summed E-state index contributed by atoms with van der Waals surface area (Å²) in [6.45, 7) is 8.70. The third kappa shape index (κ3) is 5.37. The van der Waals surface area contributed by atoms with Crippen LogP contribution in [0.2, 0.25) is 0 Å². The predicted octanol–water partition coefficient (Wildman–Crippen LogP) is 3.84. The van der Waals surface area contributed by atoms with E-state index >= 15 is 0 Å². The van der Waals surface area contributed by atoms with Crippen molar-refractivity contribution in [2.75, 3.05) is 6.54 Å². The van der Waals surface area contributed by atoms with E-state index in [4.69, 9.17) is 4.74 Å². The Morgan fingerprint density at radius 1 is 1.29 bits per heavy atom. The van der Waals surface area contributed by atoms with Gasteiger partial charge in [-0.3, -0.25) is 0 Å². The molecule has 1 saturated carbocycles. The van der Waals surface area contributed by atoms with Gasteiger partial charge in [0.2, 0.25) is 0 Å². The molecule has 4 atom stereocenters. The molecule has 136 valence electrons. The molecule has 2 rings (SSSR count). The van der Waals surface area contributed by atoms with Crippen LogP contribution in [-0.2, 0) is 4.74 Å². The van der Waals surface area contributed by atoms with Gasteiger partial charge in [0.05, 0.1) is 12.0 Å². The lowest BCUT2D eigenvalue weighted by Crippen LogP contribution is -2.49. The van der Waals surface area contributed by atoms with Crippen molar-refractivity contribution in [2.45, 2.75) is 96.4 Å². The lowest BCUT2D eigenvalue weighted by molar-refractivity contribution is 0.00775. The maximum Gasteiger partial charge on any atom is 0.410 e. The monoisotopic (exact) mass is 335 g/mol. The van der Waals surface area contributed by atoms with Gasteiger partial charge >= 0.3 is 6.09 Å². The standard InChI is InChI=1S/C19H33N3O2/c1-14(21-17-10-7-8-15(17)13-20)12-16-9-5-6-11-22(16)18(23)24-19(2,3)4/h14-17,21H,5-12H2,1-4H3. The van der Waals surface area contributed by atoms with Crippen LogP contribution in [0.15, 0.2) is 0 Å². The fourth-order valence-corrected chi connectivity index (χ4v) is 3.96. The van der Waals surface area contributed by atoms with E-state index in [0.717, 1.165) is 45.1 Å². The van der Waals surface area contributed by atoms with E-state index in [2.05, 4.69) is 18.3 Å². The Labute approximate surface area is 146 Å². The summed E-state index contributed by atoms with van der Waals surface area (Å²) in [6, 6.07) is 3.27. The topological polar surface area (TPSA) is 65.4 Å². The summed E-state index contributed by atoms with van der Waals surface area (Å²) in [5.74, 6) is 0.140. The van der Waals surface area contributed by atoms with Crippen LogP contribution in [0, 0.1) is 17.2 Å². The smallest absolute Gasteiger partial charge is 0.410 e. The van der Waals surface area contributed by atoms with Gasteiger partial charge in [-0.15, -0.1) is 0 Å². The number of nitriles is 1. The Balaban J connectivity index is 1.90. The first-order valence-electron chi connectivity index (χ1n) is 9.45. The first-order valence-corrected chi connectivity index (χ1v) is 9.45. The van der Waals surface area contributed by atoms with Crippen molar-refractivity contribution < 1.29 is 9.53 Å². The molecule has 1 amide bonds. The van der Waals surface area contributed by atoms with E-state index in [1.54, 1.807) is 0 Å². The maximum absolute atomic E-state index is 12.5. The first-order chi connectivity index (χ1) is 11.3. The highest BCUT2D eigenvalue weighted by atomic mass is 16.6. The molecule has 0 aromatic carbocycles. The van der Waals surface area contributed by atoms with E-state index in [1.807, 2.05) is 25.7 Å². The zero-order valence-corrected chi connectivity index (χ0v) is 15.7. The number of carbonyl (C=O) groups is 1. The highest BCUT2D eigenvalue weighted by molar-refractivity contribution is 5.68. The first kappa shape index (κ1) is 19.1. The molecule has 5 nitrogen and oxygen atoms in total. The summed E-state index contributed by atoms with van der Waals surface area (Å²) >= 11 is 0. The number of ether oxygens (including phenoxy) is 1. The summed E-state index contributed by atoms with van der Waals surface area (Å²) in [5.41, 5.74) is -0.452. The van der Waals surface area contributed by atoms with Gasteiger partial charge in [-0.05, 0) is 66.2 Å². The minimum absolute atomic E-state index is 0.140. The fraction of sp³-hybridized carbons (Fsp3) is 0.895. The zero-order valence-electron chi connectivity index (χ0n) is 15.7. The van der Waals surface area contributed by atoms with E-state index in [0.29, 0.717) is 12.1 Å². The molecule has 2 aliphatic rings. The molecule has 1 saturated heterocycles. The third-order valence-electron chi connectivity index (χ3n) is 5.06. The van der Waals surface area contributed by atoms with Crippen LogP contribution in [0.25, 0.3) is 0 Å². The summed E-state index contributed by atoms with van der Waals surface area (Å²) in [7, 11) is 0. The quantitative estimate of drug-likeness (QED) is 0.848. The van der Waals surface area contributed by atoms with Crippen molar-refractivity contribution in [3.05, 3.63) is 0 Å². The summed E-state index contributed by atoms with van der Waals surface area (Å²) < 4.78 is 5.58. The van der Waals surface area contributed by atoms with E-state index in [1.165, 1.54) is 6.42 Å². The lowest BCUT2D eigenvalue weighted by Gasteiger charge is -2.38. The number of carbonyl (C=O) groups excluding carboxylic acids is 1. The van der Waals surface area contributed by atoms with Gasteiger partial charge in [-0.1, -0.05) is 6.42 Å². The second-order valence-corrected chi connectivity index (χ2v) is 8.40. The van der Waals surface area contributed by atoms with Crippen molar-refractivity contribution in [1.29, 1.82) is 5.26 Å². The van der Waals surface area contributed by atoms with Crippen LogP contribution < -0.4 is 5.32 Å². The SMILES string of the molecule is CC(CC1CCCCN1C(=O)OC(C)(C)C)NC1CCCC1C#N. The number of rotatable bonds is 4. The number of nitrogens with one attached hydrogen (secondary N) is 1. The number of hydrogen-bond donors (Lipinski definition) is 1. The molecule has 0 aromatic heterocycles. The fourth-order valence-electron chi connectivity index (χ4n) is 3.96. The van der Waals surface area contributed by atoms with Gasteiger partial charge in [-0.2, -0.15) is 5.26 Å². The van der Waals surface area contributed by atoms with Crippen LogP contribution >= 0.6 is 0 Å². The molecule has 4 unspecified atom stereocenters. The number of nitrogens with zero attached hydrogens (tertiary/aromatic N) is 2. The Hall–Kier alpha value is -1.28. The third-order valence-corrected chi connectivity index (χ3v) is 5.06. The number of amides is 1. The highest BCUT2D eigenvalue weighted by Crippen LogP contribution is 2.27. The summed E-state index contributed by atoms with van der Waals surface area (Å²) in [5, 5.41) is 12.9. The Kier molecular flexibility index (Phi) is 6.51. The number of likely N-dealkylation sites (tertiary alicyclic amines) is 1. The average Bonchev–Trinajstić information content (AvgIpc) is 2.93. The van der Waals surface area contributed by atoms with Crippen molar-refractivity contribution in [1.82, 2.24) is 10.2 Å². The van der Waals surface area contributed by atoms with Gasteiger partial charge < -0.3 is 15.0 Å². The second-order valence-electron chi connectivity index (χ2n) is 8.40. The normalized spacial score (nSPS) is 29.1.